The van der Waals surface area contributed by atoms with Gasteiger partial charge in [-0.3, -0.25) is 14.9 Å². The molecule has 0 radical (unpaired) electrons. The fraction of sp³-hybridized carbons (Fsp3) is 0.389. The van der Waals surface area contributed by atoms with Crippen LogP contribution in [0.3, 0.4) is 0 Å². The van der Waals surface area contributed by atoms with Crippen LogP contribution in [0.1, 0.15) is 40.9 Å². The molecule has 4 amide bonds. The molecule has 10 heteroatoms. The van der Waals surface area contributed by atoms with E-state index >= 15 is 0 Å². The molecule has 28 heavy (non-hydrogen) atoms. The normalized spacial score (nSPS) is 10.5. The van der Waals surface area contributed by atoms with E-state index in [9.17, 15) is 14.4 Å². The van der Waals surface area contributed by atoms with Crippen molar-refractivity contribution in [2.45, 2.75) is 26.8 Å². The van der Waals surface area contributed by atoms with E-state index in [1.807, 2.05) is 20.8 Å². The van der Waals surface area contributed by atoms with Gasteiger partial charge in [0.1, 0.15) is 15.7 Å². The molecule has 0 aromatic carbocycles. The molecule has 0 saturated carbocycles. The van der Waals surface area contributed by atoms with Crippen LogP contribution in [0.25, 0.3) is 10.6 Å². The average Bonchev–Trinajstić information content (AvgIpc) is 3.06. The van der Waals surface area contributed by atoms with Crippen molar-refractivity contribution in [3.63, 3.8) is 0 Å². The SMILES string of the molecule is CCNC(=O)Nc1ccc(-c2nc(C(=O)N(C)C)c(C(=O)NC(C)C)s2)cn1. The molecular formula is C18H24N6O3S. The van der Waals surface area contributed by atoms with Gasteiger partial charge in [-0.25, -0.2) is 14.8 Å². The van der Waals surface area contributed by atoms with Crippen molar-refractivity contribution in [1.29, 1.82) is 0 Å². The highest BCUT2D eigenvalue weighted by molar-refractivity contribution is 7.17. The molecule has 0 aliphatic rings. The molecule has 0 saturated heterocycles. The van der Waals surface area contributed by atoms with Crippen LogP contribution in [0, 0.1) is 0 Å². The van der Waals surface area contributed by atoms with Crippen molar-refractivity contribution < 1.29 is 14.4 Å². The van der Waals surface area contributed by atoms with Gasteiger partial charge < -0.3 is 15.5 Å². The topological polar surface area (TPSA) is 116 Å². The van der Waals surface area contributed by atoms with E-state index in [1.54, 1.807) is 26.2 Å². The summed E-state index contributed by atoms with van der Waals surface area (Å²) in [5.74, 6) is -0.307. The zero-order valence-electron chi connectivity index (χ0n) is 16.5. The third-order valence-electron chi connectivity index (χ3n) is 3.45. The highest BCUT2D eigenvalue weighted by Gasteiger charge is 2.25. The molecule has 0 aliphatic heterocycles. The molecule has 0 bridgehead atoms. The summed E-state index contributed by atoms with van der Waals surface area (Å²) in [7, 11) is 3.21. The number of hydrogen-bond acceptors (Lipinski definition) is 6. The first-order valence-corrected chi connectivity index (χ1v) is 9.59. The Bertz CT molecular complexity index is 861. The van der Waals surface area contributed by atoms with Crippen LogP contribution in [0.15, 0.2) is 18.3 Å². The van der Waals surface area contributed by atoms with Crippen LogP contribution in [-0.2, 0) is 0 Å². The second-order valence-corrected chi connectivity index (χ2v) is 7.44. The number of aromatic nitrogens is 2. The molecule has 0 aliphatic carbocycles. The summed E-state index contributed by atoms with van der Waals surface area (Å²) in [4.78, 5) is 46.7. The zero-order chi connectivity index (χ0) is 20.8. The van der Waals surface area contributed by atoms with E-state index in [1.165, 1.54) is 11.1 Å². The van der Waals surface area contributed by atoms with Crippen molar-refractivity contribution in [2.75, 3.05) is 26.0 Å². The smallest absolute Gasteiger partial charge is 0.320 e. The predicted octanol–water partition coefficient (Wildman–Crippen LogP) is 2.19. The van der Waals surface area contributed by atoms with Gasteiger partial charge in [0.25, 0.3) is 11.8 Å². The lowest BCUT2D eigenvalue weighted by Crippen LogP contribution is -2.32. The fourth-order valence-corrected chi connectivity index (χ4v) is 3.15. The van der Waals surface area contributed by atoms with E-state index < -0.39 is 0 Å². The number of urea groups is 1. The summed E-state index contributed by atoms with van der Waals surface area (Å²) in [5.41, 5.74) is 0.746. The van der Waals surface area contributed by atoms with Gasteiger partial charge in [-0.1, -0.05) is 0 Å². The number of thiazole rings is 1. The maximum atomic E-state index is 12.5. The quantitative estimate of drug-likeness (QED) is 0.682. The van der Waals surface area contributed by atoms with Gasteiger partial charge >= 0.3 is 6.03 Å². The van der Waals surface area contributed by atoms with E-state index in [2.05, 4.69) is 25.9 Å². The van der Waals surface area contributed by atoms with Crippen molar-refractivity contribution >= 4 is 35.0 Å². The van der Waals surface area contributed by atoms with E-state index in [-0.39, 0.29) is 34.5 Å². The molecule has 2 aromatic heterocycles. The van der Waals surface area contributed by atoms with Gasteiger partial charge in [0, 0.05) is 38.4 Å². The molecule has 150 valence electrons. The van der Waals surface area contributed by atoms with Gasteiger partial charge in [-0.15, -0.1) is 11.3 Å². The molecule has 2 rings (SSSR count). The molecule has 2 heterocycles. The van der Waals surface area contributed by atoms with Gasteiger partial charge in [-0.2, -0.15) is 0 Å². The van der Waals surface area contributed by atoms with Crippen LogP contribution in [-0.4, -0.2) is 59.4 Å². The Morgan fingerprint density at radius 1 is 1.21 bits per heavy atom. The highest BCUT2D eigenvalue weighted by Crippen LogP contribution is 2.29. The minimum atomic E-state index is -0.348. The number of anilines is 1. The van der Waals surface area contributed by atoms with E-state index in [0.717, 1.165) is 11.3 Å². The molecule has 0 atom stereocenters. The maximum Gasteiger partial charge on any atom is 0.320 e. The molecule has 2 aromatic rings. The van der Waals surface area contributed by atoms with Gasteiger partial charge in [0.15, 0.2) is 5.69 Å². The second kappa shape index (κ2) is 9.27. The number of rotatable bonds is 6. The number of carbonyl (C=O) groups excluding carboxylic acids is 3. The Balaban J connectivity index is 2.33. The number of hydrogen-bond donors (Lipinski definition) is 3. The molecular weight excluding hydrogens is 380 g/mol. The number of carbonyl (C=O) groups is 3. The Morgan fingerprint density at radius 2 is 1.93 bits per heavy atom. The number of nitrogens with one attached hydrogen (secondary N) is 3. The zero-order valence-corrected chi connectivity index (χ0v) is 17.3. The van der Waals surface area contributed by atoms with Gasteiger partial charge in [-0.05, 0) is 32.9 Å². The minimum Gasteiger partial charge on any atom is -0.349 e. The van der Waals surface area contributed by atoms with E-state index in [4.69, 9.17) is 0 Å². The Morgan fingerprint density at radius 3 is 2.46 bits per heavy atom. The summed E-state index contributed by atoms with van der Waals surface area (Å²) in [6.45, 7) is 6.01. The molecule has 0 unspecified atom stereocenters. The lowest BCUT2D eigenvalue weighted by molar-refractivity contribution is 0.0813. The standard InChI is InChI=1S/C18H24N6O3S/c1-6-19-18(27)22-12-8-7-11(9-20-12)16-23-13(17(26)24(4)5)14(28-16)15(25)21-10(2)3/h7-10H,6H2,1-5H3,(H,21,25)(H2,19,20,22,27). The summed E-state index contributed by atoms with van der Waals surface area (Å²) >= 11 is 1.13. The number of amides is 4. The van der Waals surface area contributed by atoms with Crippen LogP contribution in [0.4, 0.5) is 10.6 Å². The first-order valence-electron chi connectivity index (χ1n) is 8.77. The molecule has 3 N–H and O–H groups in total. The summed E-state index contributed by atoms with van der Waals surface area (Å²) < 4.78 is 0. The first-order chi connectivity index (χ1) is 13.2. The van der Waals surface area contributed by atoms with Crippen LogP contribution < -0.4 is 16.0 Å². The van der Waals surface area contributed by atoms with Crippen LogP contribution >= 0.6 is 11.3 Å². The Hall–Kier alpha value is -3.01. The third-order valence-corrected chi connectivity index (χ3v) is 4.55. The number of pyridine rings is 1. The monoisotopic (exact) mass is 404 g/mol. The lowest BCUT2D eigenvalue weighted by atomic mass is 10.2. The van der Waals surface area contributed by atoms with Crippen molar-refractivity contribution in [3.8, 4) is 10.6 Å². The summed E-state index contributed by atoms with van der Waals surface area (Å²) in [6, 6.07) is 2.94. The summed E-state index contributed by atoms with van der Waals surface area (Å²) in [6.07, 6.45) is 1.54. The predicted molar refractivity (Wildman–Crippen MR) is 109 cm³/mol. The van der Waals surface area contributed by atoms with Crippen LogP contribution in [0.5, 0.6) is 0 Å². The molecule has 0 fully saturated rings. The van der Waals surface area contributed by atoms with Crippen LogP contribution in [0.2, 0.25) is 0 Å². The van der Waals surface area contributed by atoms with E-state index in [0.29, 0.717) is 22.9 Å². The Kier molecular flexibility index (Phi) is 7.05. The van der Waals surface area contributed by atoms with Crippen molar-refractivity contribution in [3.05, 3.63) is 28.9 Å². The summed E-state index contributed by atoms with van der Waals surface area (Å²) in [5, 5.41) is 8.51. The highest BCUT2D eigenvalue weighted by atomic mass is 32.1. The lowest BCUT2D eigenvalue weighted by Gasteiger charge is -2.10. The first kappa shape index (κ1) is 21.3. The fourth-order valence-electron chi connectivity index (χ4n) is 2.20. The molecule has 0 spiro atoms. The molecule has 9 nitrogen and oxygen atoms in total. The van der Waals surface area contributed by atoms with Gasteiger partial charge in [0.05, 0.1) is 0 Å². The Labute approximate surface area is 167 Å². The van der Waals surface area contributed by atoms with Crippen molar-refractivity contribution in [1.82, 2.24) is 25.5 Å². The number of nitrogens with zero attached hydrogens (tertiary/aromatic N) is 3. The minimum absolute atomic E-state index is 0.0679. The maximum absolute atomic E-state index is 12.5. The largest absolute Gasteiger partial charge is 0.349 e. The second-order valence-electron chi connectivity index (χ2n) is 6.44. The van der Waals surface area contributed by atoms with Crippen molar-refractivity contribution in [2.24, 2.45) is 0 Å². The van der Waals surface area contributed by atoms with Gasteiger partial charge in [0.2, 0.25) is 0 Å². The average molecular weight is 404 g/mol. The third kappa shape index (κ3) is 5.26.